The number of halogens is 1. The van der Waals surface area contributed by atoms with Crippen LogP contribution in [0.15, 0.2) is 58.4 Å². The number of nitriles is 1. The summed E-state index contributed by atoms with van der Waals surface area (Å²) >= 11 is 6.03. The van der Waals surface area contributed by atoms with Gasteiger partial charge in [0.15, 0.2) is 0 Å². The van der Waals surface area contributed by atoms with Crippen molar-refractivity contribution in [3.63, 3.8) is 0 Å². The number of aromatic amines is 1. The van der Waals surface area contributed by atoms with E-state index in [4.69, 9.17) is 11.6 Å². The number of rotatable bonds is 5. The van der Waals surface area contributed by atoms with Crippen LogP contribution in [0.25, 0.3) is 11.3 Å². The standard InChI is InChI=1S/C19H12ClN5O3/c20-15-8-4-7-12(18(27)28)14(15)10-22-25-19-23-16(11-5-2-1-3-6-11)13(9-21)17(26)24-19/h1-8,10H,(H,27,28)(H2,23,24,25,26). The van der Waals surface area contributed by atoms with Gasteiger partial charge in [0, 0.05) is 11.1 Å². The molecule has 138 valence electrons. The number of hydrogen-bond donors (Lipinski definition) is 3. The van der Waals surface area contributed by atoms with Crippen LogP contribution in [0.5, 0.6) is 0 Å². The quantitative estimate of drug-likeness (QED) is 0.450. The molecule has 0 aliphatic carbocycles. The Hall–Kier alpha value is -3.96. The van der Waals surface area contributed by atoms with Gasteiger partial charge in [-0.25, -0.2) is 15.2 Å². The van der Waals surface area contributed by atoms with Crippen LogP contribution >= 0.6 is 11.6 Å². The predicted molar refractivity (Wildman–Crippen MR) is 105 cm³/mol. The van der Waals surface area contributed by atoms with Crippen LogP contribution in [0.3, 0.4) is 0 Å². The topological polar surface area (TPSA) is 131 Å². The van der Waals surface area contributed by atoms with Gasteiger partial charge in [0.2, 0.25) is 5.95 Å². The van der Waals surface area contributed by atoms with E-state index in [0.29, 0.717) is 5.56 Å². The fourth-order valence-electron chi connectivity index (χ4n) is 2.45. The number of nitrogens with zero attached hydrogens (tertiary/aromatic N) is 3. The third-order valence-electron chi connectivity index (χ3n) is 3.73. The smallest absolute Gasteiger partial charge is 0.336 e. The predicted octanol–water partition coefficient (Wildman–Crippen LogP) is 3.11. The number of hydrogen-bond acceptors (Lipinski definition) is 6. The molecule has 0 aliphatic rings. The van der Waals surface area contributed by atoms with Crippen LogP contribution in [0, 0.1) is 11.3 Å². The summed E-state index contributed by atoms with van der Waals surface area (Å²) < 4.78 is 0. The van der Waals surface area contributed by atoms with Crippen LogP contribution in [-0.4, -0.2) is 27.3 Å². The van der Waals surface area contributed by atoms with E-state index in [9.17, 15) is 20.0 Å². The van der Waals surface area contributed by atoms with E-state index in [-0.39, 0.29) is 33.4 Å². The summed E-state index contributed by atoms with van der Waals surface area (Å²) in [6, 6.07) is 15.0. The monoisotopic (exact) mass is 393 g/mol. The van der Waals surface area contributed by atoms with Gasteiger partial charge in [-0.05, 0) is 12.1 Å². The zero-order valence-electron chi connectivity index (χ0n) is 14.2. The zero-order valence-corrected chi connectivity index (χ0v) is 14.9. The van der Waals surface area contributed by atoms with Gasteiger partial charge < -0.3 is 5.11 Å². The van der Waals surface area contributed by atoms with Gasteiger partial charge in [0.25, 0.3) is 5.56 Å². The lowest BCUT2D eigenvalue weighted by atomic mass is 10.1. The molecule has 8 nitrogen and oxygen atoms in total. The number of hydrazone groups is 1. The Kier molecular flexibility index (Phi) is 5.48. The van der Waals surface area contributed by atoms with E-state index in [0.717, 1.165) is 0 Å². The Morgan fingerprint density at radius 1 is 1.25 bits per heavy atom. The van der Waals surface area contributed by atoms with E-state index >= 15 is 0 Å². The molecule has 0 saturated carbocycles. The van der Waals surface area contributed by atoms with Gasteiger partial charge in [-0.2, -0.15) is 10.4 Å². The molecule has 0 spiro atoms. The Balaban J connectivity index is 1.96. The molecule has 0 amide bonds. The summed E-state index contributed by atoms with van der Waals surface area (Å²) in [5.74, 6) is -1.16. The molecule has 1 heterocycles. The maximum absolute atomic E-state index is 12.2. The van der Waals surface area contributed by atoms with E-state index in [2.05, 4.69) is 20.5 Å². The molecule has 9 heteroatoms. The lowest BCUT2D eigenvalue weighted by Gasteiger charge is -2.06. The van der Waals surface area contributed by atoms with E-state index < -0.39 is 11.5 Å². The summed E-state index contributed by atoms with van der Waals surface area (Å²) in [6.07, 6.45) is 1.21. The minimum absolute atomic E-state index is 0.0111. The molecular weight excluding hydrogens is 382 g/mol. The first-order valence-electron chi connectivity index (χ1n) is 7.92. The normalized spacial score (nSPS) is 10.6. The molecule has 0 atom stereocenters. The lowest BCUT2D eigenvalue weighted by Crippen LogP contribution is -2.16. The second-order valence-electron chi connectivity index (χ2n) is 5.49. The fourth-order valence-corrected chi connectivity index (χ4v) is 2.67. The highest BCUT2D eigenvalue weighted by Crippen LogP contribution is 2.20. The van der Waals surface area contributed by atoms with Crippen LogP contribution in [0.2, 0.25) is 5.02 Å². The van der Waals surface area contributed by atoms with Gasteiger partial charge >= 0.3 is 5.97 Å². The van der Waals surface area contributed by atoms with Crippen molar-refractivity contribution in [3.8, 4) is 17.3 Å². The number of H-pyrrole nitrogens is 1. The molecular formula is C19H12ClN5O3. The van der Waals surface area contributed by atoms with E-state index in [1.165, 1.54) is 24.4 Å². The van der Waals surface area contributed by atoms with Gasteiger partial charge in [-0.3, -0.25) is 9.78 Å². The van der Waals surface area contributed by atoms with Crippen molar-refractivity contribution in [1.82, 2.24) is 9.97 Å². The molecule has 28 heavy (non-hydrogen) atoms. The van der Waals surface area contributed by atoms with Crippen LogP contribution < -0.4 is 11.0 Å². The number of nitrogens with one attached hydrogen (secondary N) is 2. The lowest BCUT2D eigenvalue weighted by molar-refractivity contribution is 0.0696. The highest BCUT2D eigenvalue weighted by Gasteiger charge is 2.13. The van der Waals surface area contributed by atoms with Gasteiger partial charge in [0.1, 0.15) is 11.6 Å². The van der Waals surface area contributed by atoms with Crippen molar-refractivity contribution in [1.29, 1.82) is 5.26 Å². The van der Waals surface area contributed by atoms with Crippen LogP contribution in [0.4, 0.5) is 5.95 Å². The zero-order chi connectivity index (χ0) is 20.1. The van der Waals surface area contributed by atoms with Crippen molar-refractivity contribution in [2.24, 2.45) is 5.10 Å². The number of aromatic nitrogens is 2. The van der Waals surface area contributed by atoms with E-state index in [1.54, 1.807) is 30.3 Å². The molecule has 0 bridgehead atoms. The summed E-state index contributed by atoms with van der Waals surface area (Å²) in [5, 5.41) is 22.6. The maximum Gasteiger partial charge on any atom is 0.336 e. The maximum atomic E-state index is 12.2. The summed E-state index contributed by atoms with van der Waals surface area (Å²) in [7, 11) is 0. The third kappa shape index (κ3) is 3.90. The van der Waals surface area contributed by atoms with Crippen molar-refractivity contribution in [2.45, 2.75) is 0 Å². The minimum atomic E-state index is -1.15. The molecule has 0 aliphatic heterocycles. The highest BCUT2D eigenvalue weighted by molar-refractivity contribution is 6.33. The minimum Gasteiger partial charge on any atom is -0.478 e. The van der Waals surface area contributed by atoms with Gasteiger partial charge in [-0.15, -0.1) is 0 Å². The number of carboxylic acid groups (broad SMARTS) is 1. The second kappa shape index (κ2) is 8.16. The average Bonchev–Trinajstić information content (AvgIpc) is 2.69. The average molecular weight is 394 g/mol. The molecule has 3 aromatic rings. The van der Waals surface area contributed by atoms with Crippen molar-refractivity contribution >= 4 is 29.7 Å². The molecule has 0 unspecified atom stereocenters. The van der Waals surface area contributed by atoms with Gasteiger partial charge in [0.05, 0.1) is 22.5 Å². The fraction of sp³-hybridized carbons (Fsp3) is 0. The van der Waals surface area contributed by atoms with Crippen molar-refractivity contribution in [2.75, 3.05) is 5.43 Å². The largest absolute Gasteiger partial charge is 0.478 e. The van der Waals surface area contributed by atoms with Crippen LogP contribution in [-0.2, 0) is 0 Å². The number of carboxylic acids is 1. The SMILES string of the molecule is N#Cc1c(-c2ccccc2)nc(NN=Cc2c(Cl)cccc2C(=O)O)[nH]c1=O. The molecule has 3 N–H and O–H groups in total. The van der Waals surface area contributed by atoms with Gasteiger partial charge in [-0.1, -0.05) is 48.0 Å². The second-order valence-corrected chi connectivity index (χ2v) is 5.90. The molecule has 3 rings (SSSR count). The Bertz CT molecular complexity index is 1170. The number of benzene rings is 2. The first-order chi connectivity index (χ1) is 13.5. The highest BCUT2D eigenvalue weighted by atomic mass is 35.5. The third-order valence-corrected chi connectivity index (χ3v) is 4.06. The summed E-state index contributed by atoms with van der Waals surface area (Å²) in [5.41, 5.74) is 2.75. The molecule has 1 aromatic heterocycles. The first-order valence-corrected chi connectivity index (χ1v) is 8.29. The Morgan fingerprint density at radius 2 is 2.00 bits per heavy atom. The Labute approximate surface area is 163 Å². The molecule has 2 aromatic carbocycles. The molecule has 0 radical (unpaired) electrons. The number of carbonyl (C=O) groups is 1. The molecule has 0 saturated heterocycles. The number of anilines is 1. The molecule has 0 fully saturated rings. The van der Waals surface area contributed by atoms with Crippen molar-refractivity contribution < 1.29 is 9.90 Å². The Morgan fingerprint density at radius 3 is 2.68 bits per heavy atom. The summed E-state index contributed by atoms with van der Waals surface area (Å²) in [4.78, 5) is 30.1. The van der Waals surface area contributed by atoms with E-state index in [1.807, 2.05) is 6.07 Å². The first kappa shape index (κ1) is 18.8. The number of aromatic carboxylic acids is 1. The summed E-state index contributed by atoms with van der Waals surface area (Å²) in [6.45, 7) is 0. The van der Waals surface area contributed by atoms with Crippen molar-refractivity contribution in [3.05, 3.63) is 80.6 Å². The van der Waals surface area contributed by atoms with Crippen LogP contribution in [0.1, 0.15) is 21.5 Å².